The zero-order valence-electron chi connectivity index (χ0n) is 14.2. The first-order valence-corrected chi connectivity index (χ1v) is 8.29. The van der Waals surface area contributed by atoms with Crippen molar-refractivity contribution < 1.29 is 14.7 Å². The molecule has 2 aromatic carbocycles. The fourth-order valence-corrected chi connectivity index (χ4v) is 2.62. The zero-order valence-corrected chi connectivity index (χ0v) is 15.0. The van der Waals surface area contributed by atoms with E-state index in [1.807, 2.05) is 37.3 Å². The number of anilines is 1. The molecule has 0 aromatic heterocycles. The molecule has 1 atom stereocenters. The smallest absolute Gasteiger partial charge is 0.323 e. The number of benzene rings is 2. The minimum Gasteiger partial charge on any atom is -0.480 e. The summed E-state index contributed by atoms with van der Waals surface area (Å²) in [6.07, 6.45) is 0. The predicted octanol–water partition coefficient (Wildman–Crippen LogP) is 3.45. The number of rotatable bonds is 7. The van der Waals surface area contributed by atoms with Crippen molar-refractivity contribution >= 4 is 29.2 Å². The summed E-state index contributed by atoms with van der Waals surface area (Å²) in [7, 11) is 1.71. The molecule has 1 amide bonds. The SMILES string of the molecule is CC(c1ccc(Cl)cc1)N(C)C(=O)CN(CC(=O)O)c1ccccc1. The van der Waals surface area contributed by atoms with Crippen LogP contribution in [0.3, 0.4) is 0 Å². The summed E-state index contributed by atoms with van der Waals surface area (Å²) in [5.74, 6) is -1.14. The molecule has 5 nitrogen and oxygen atoms in total. The van der Waals surface area contributed by atoms with Crippen molar-refractivity contribution in [1.82, 2.24) is 4.90 Å². The first-order chi connectivity index (χ1) is 11.9. The second-order valence-electron chi connectivity index (χ2n) is 5.82. The van der Waals surface area contributed by atoms with Gasteiger partial charge in [0.2, 0.25) is 5.91 Å². The van der Waals surface area contributed by atoms with Gasteiger partial charge in [-0.2, -0.15) is 0 Å². The first-order valence-electron chi connectivity index (χ1n) is 7.91. The van der Waals surface area contributed by atoms with Gasteiger partial charge < -0.3 is 14.9 Å². The average molecular weight is 361 g/mol. The van der Waals surface area contributed by atoms with Crippen LogP contribution < -0.4 is 4.90 Å². The van der Waals surface area contributed by atoms with E-state index in [0.717, 1.165) is 5.56 Å². The summed E-state index contributed by atoms with van der Waals surface area (Å²) in [6.45, 7) is 1.68. The van der Waals surface area contributed by atoms with E-state index < -0.39 is 5.97 Å². The van der Waals surface area contributed by atoms with Crippen molar-refractivity contribution in [2.45, 2.75) is 13.0 Å². The van der Waals surface area contributed by atoms with Gasteiger partial charge in [0.25, 0.3) is 0 Å². The van der Waals surface area contributed by atoms with Gasteiger partial charge in [-0.05, 0) is 36.8 Å². The normalized spacial score (nSPS) is 11.6. The number of carbonyl (C=O) groups is 2. The number of nitrogens with zero attached hydrogens (tertiary/aromatic N) is 2. The molecule has 1 unspecified atom stereocenters. The fourth-order valence-electron chi connectivity index (χ4n) is 2.50. The Balaban J connectivity index is 2.11. The van der Waals surface area contributed by atoms with E-state index in [-0.39, 0.29) is 25.0 Å². The Bertz CT molecular complexity index is 719. The summed E-state index contributed by atoms with van der Waals surface area (Å²) in [5.41, 5.74) is 1.66. The van der Waals surface area contributed by atoms with Crippen LogP contribution in [-0.2, 0) is 9.59 Å². The van der Waals surface area contributed by atoms with Crippen LogP contribution in [0.15, 0.2) is 54.6 Å². The summed E-state index contributed by atoms with van der Waals surface area (Å²) < 4.78 is 0. The maximum absolute atomic E-state index is 12.7. The zero-order chi connectivity index (χ0) is 18.4. The standard InChI is InChI=1S/C19H21ClN2O3/c1-14(15-8-10-16(20)11-9-15)21(2)18(23)12-22(13-19(24)25)17-6-4-3-5-7-17/h3-11,14H,12-13H2,1-2H3,(H,24,25). The molecule has 6 heteroatoms. The van der Waals surface area contributed by atoms with Gasteiger partial charge in [-0.1, -0.05) is 41.9 Å². The van der Waals surface area contributed by atoms with Crippen molar-refractivity contribution in [3.05, 3.63) is 65.2 Å². The van der Waals surface area contributed by atoms with E-state index in [1.165, 1.54) is 0 Å². The molecule has 25 heavy (non-hydrogen) atoms. The van der Waals surface area contributed by atoms with Crippen LogP contribution in [-0.4, -0.2) is 42.0 Å². The quantitative estimate of drug-likeness (QED) is 0.821. The largest absolute Gasteiger partial charge is 0.480 e. The van der Waals surface area contributed by atoms with Gasteiger partial charge in [0.05, 0.1) is 12.6 Å². The third-order valence-corrected chi connectivity index (χ3v) is 4.35. The number of hydrogen-bond acceptors (Lipinski definition) is 3. The number of halogens is 1. The van der Waals surface area contributed by atoms with Gasteiger partial charge in [-0.3, -0.25) is 9.59 Å². The second kappa shape index (κ2) is 8.53. The van der Waals surface area contributed by atoms with E-state index in [2.05, 4.69) is 0 Å². The lowest BCUT2D eigenvalue weighted by Crippen LogP contribution is -2.41. The topological polar surface area (TPSA) is 60.9 Å². The van der Waals surface area contributed by atoms with Crippen LogP contribution in [0.5, 0.6) is 0 Å². The van der Waals surface area contributed by atoms with Crippen molar-refractivity contribution in [2.24, 2.45) is 0 Å². The Morgan fingerprint density at radius 1 is 1.04 bits per heavy atom. The number of carbonyl (C=O) groups excluding carboxylic acids is 1. The highest BCUT2D eigenvalue weighted by molar-refractivity contribution is 6.30. The van der Waals surface area contributed by atoms with Crippen LogP contribution in [0.4, 0.5) is 5.69 Å². The van der Waals surface area contributed by atoms with E-state index in [1.54, 1.807) is 41.1 Å². The molecule has 2 rings (SSSR count). The van der Waals surface area contributed by atoms with Crippen molar-refractivity contribution in [3.8, 4) is 0 Å². The van der Waals surface area contributed by atoms with Gasteiger partial charge >= 0.3 is 5.97 Å². The molecule has 0 fully saturated rings. The Morgan fingerprint density at radius 2 is 1.64 bits per heavy atom. The molecule has 0 heterocycles. The summed E-state index contributed by atoms with van der Waals surface area (Å²) >= 11 is 5.90. The third-order valence-electron chi connectivity index (χ3n) is 4.10. The van der Waals surface area contributed by atoms with Crippen molar-refractivity contribution in [2.75, 3.05) is 25.0 Å². The Kier molecular flexibility index (Phi) is 6.42. The molecule has 0 bridgehead atoms. The number of para-hydroxylation sites is 1. The van der Waals surface area contributed by atoms with Crippen LogP contribution in [0.25, 0.3) is 0 Å². The lowest BCUT2D eigenvalue weighted by atomic mass is 10.1. The minimum absolute atomic E-state index is 0.00918. The summed E-state index contributed by atoms with van der Waals surface area (Å²) in [4.78, 5) is 27.0. The van der Waals surface area contributed by atoms with Gasteiger partial charge in [-0.25, -0.2) is 0 Å². The van der Waals surface area contributed by atoms with Gasteiger partial charge in [0.1, 0.15) is 6.54 Å². The Labute approximate surface area is 152 Å². The number of hydrogen-bond donors (Lipinski definition) is 1. The molecule has 0 aliphatic carbocycles. The Morgan fingerprint density at radius 3 is 2.20 bits per heavy atom. The molecular weight excluding hydrogens is 340 g/mol. The average Bonchev–Trinajstić information content (AvgIpc) is 2.61. The van der Waals surface area contributed by atoms with Gasteiger partial charge in [0.15, 0.2) is 0 Å². The number of amides is 1. The van der Waals surface area contributed by atoms with E-state index in [9.17, 15) is 9.59 Å². The number of carboxylic acids is 1. The predicted molar refractivity (Wildman–Crippen MR) is 98.9 cm³/mol. The van der Waals surface area contributed by atoms with Gasteiger partial charge in [0, 0.05) is 17.8 Å². The summed E-state index contributed by atoms with van der Waals surface area (Å²) in [6, 6.07) is 16.2. The van der Waals surface area contributed by atoms with Crippen molar-refractivity contribution in [3.63, 3.8) is 0 Å². The molecule has 0 saturated heterocycles. The van der Waals surface area contributed by atoms with Crippen LogP contribution in [0.2, 0.25) is 5.02 Å². The van der Waals surface area contributed by atoms with E-state index in [0.29, 0.717) is 10.7 Å². The molecule has 0 aliphatic heterocycles. The molecule has 0 radical (unpaired) electrons. The minimum atomic E-state index is -0.981. The molecule has 0 spiro atoms. The lowest BCUT2D eigenvalue weighted by Gasteiger charge is -2.29. The monoisotopic (exact) mass is 360 g/mol. The highest BCUT2D eigenvalue weighted by atomic mass is 35.5. The number of carboxylic acid groups (broad SMARTS) is 1. The van der Waals surface area contributed by atoms with Crippen LogP contribution in [0.1, 0.15) is 18.5 Å². The maximum Gasteiger partial charge on any atom is 0.323 e. The number of likely N-dealkylation sites (N-methyl/N-ethyl adjacent to an activating group) is 1. The molecule has 2 aromatic rings. The first kappa shape index (κ1) is 18.8. The molecule has 1 N–H and O–H groups in total. The molecular formula is C19H21ClN2O3. The summed E-state index contributed by atoms with van der Waals surface area (Å²) in [5, 5.41) is 9.77. The molecule has 0 aliphatic rings. The van der Waals surface area contributed by atoms with Crippen LogP contribution >= 0.6 is 11.6 Å². The third kappa shape index (κ3) is 5.22. The number of aliphatic carboxylic acids is 1. The molecule has 132 valence electrons. The van der Waals surface area contributed by atoms with Gasteiger partial charge in [-0.15, -0.1) is 0 Å². The van der Waals surface area contributed by atoms with E-state index >= 15 is 0 Å². The highest BCUT2D eigenvalue weighted by Gasteiger charge is 2.21. The van der Waals surface area contributed by atoms with E-state index in [4.69, 9.17) is 16.7 Å². The second-order valence-corrected chi connectivity index (χ2v) is 6.25. The Hall–Kier alpha value is -2.53. The van der Waals surface area contributed by atoms with Crippen LogP contribution in [0, 0.1) is 0 Å². The highest BCUT2D eigenvalue weighted by Crippen LogP contribution is 2.21. The van der Waals surface area contributed by atoms with Crippen molar-refractivity contribution in [1.29, 1.82) is 0 Å². The maximum atomic E-state index is 12.7. The lowest BCUT2D eigenvalue weighted by molar-refractivity contribution is -0.135. The molecule has 0 saturated carbocycles. The fraction of sp³-hybridized carbons (Fsp3) is 0.263.